The highest BCUT2D eigenvalue weighted by Gasteiger charge is 2.36. The summed E-state index contributed by atoms with van der Waals surface area (Å²) in [4.78, 5) is 11.7. The molecule has 0 saturated heterocycles. The molecule has 1 amide bonds. The summed E-state index contributed by atoms with van der Waals surface area (Å²) < 4.78 is 5.18. The number of carbonyl (C=O) groups excluding carboxylic acids is 1. The van der Waals surface area contributed by atoms with Crippen LogP contribution in [0.2, 0.25) is 0 Å². The van der Waals surface area contributed by atoms with E-state index in [-0.39, 0.29) is 5.91 Å². The Morgan fingerprint density at radius 3 is 2.73 bits per heavy atom. The molecule has 3 N–H and O–H groups in total. The lowest BCUT2D eigenvalue weighted by molar-refractivity contribution is -0.126. The molecule has 0 aromatic rings. The van der Waals surface area contributed by atoms with Crippen molar-refractivity contribution in [2.24, 2.45) is 5.73 Å². The quantitative estimate of drug-likeness (QED) is 0.643. The van der Waals surface area contributed by atoms with Gasteiger partial charge in [0.15, 0.2) is 0 Å². The number of nitrogens with one attached hydrogen (secondary N) is 1. The second-order valence-corrected chi connectivity index (χ2v) is 4.17. The van der Waals surface area contributed by atoms with Crippen molar-refractivity contribution in [3.63, 3.8) is 0 Å². The van der Waals surface area contributed by atoms with Crippen molar-refractivity contribution >= 4 is 5.91 Å². The van der Waals surface area contributed by atoms with Crippen LogP contribution in [0.15, 0.2) is 0 Å². The second-order valence-electron chi connectivity index (χ2n) is 4.17. The first kappa shape index (κ1) is 12.5. The van der Waals surface area contributed by atoms with Crippen molar-refractivity contribution < 1.29 is 9.53 Å². The van der Waals surface area contributed by atoms with E-state index in [1.807, 2.05) is 6.92 Å². The average molecular weight is 214 g/mol. The van der Waals surface area contributed by atoms with Crippen molar-refractivity contribution in [2.45, 2.75) is 44.6 Å². The van der Waals surface area contributed by atoms with Gasteiger partial charge in [-0.3, -0.25) is 4.79 Å². The molecule has 1 aliphatic carbocycles. The maximum Gasteiger partial charge on any atom is 0.240 e. The van der Waals surface area contributed by atoms with E-state index >= 15 is 0 Å². The smallest absolute Gasteiger partial charge is 0.240 e. The van der Waals surface area contributed by atoms with Crippen LogP contribution in [0.25, 0.3) is 0 Å². The molecule has 0 unspecified atom stereocenters. The molecule has 0 heterocycles. The Labute approximate surface area is 91.5 Å². The molecule has 0 aromatic heterocycles. The van der Waals surface area contributed by atoms with Gasteiger partial charge < -0.3 is 15.8 Å². The van der Waals surface area contributed by atoms with Crippen LogP contribution in [0.1, 0.15) is 39.0 Å². The number of rotatable bonds is 6. The molecule has 0 aromatic carbocycles. The molecule has 4 heteroatoms. The highest BCUT2D eigenvalue weighted by Crippen LogP contribution is 2.26. The summed E-state index contributed by atoms with van der Waals surface area (Å²) in [6, 6.07) is 0. The van der Waals surface area contributed by atoms with Gasteiger partial charge in [-0.15, -0.1) is 0 Å². The fraction of sp³-hybridized carbons (Fsp3) is 0.909. The lowest BCUT2D eigenvalue weighted by Gasteiger charge is -2.22. The maximum atomic E-state index is 11.7. The largest absolute Gasteiger partial charge is 0.382 e. The third-order valence-electron chi connectivity index (χ3n) is 2.90. The Bertz CT molecular complexity index is 201. The van der Waals surface area contributed by atoms with Crippen molar-refractivity contribution in [1.29, 1.82) is 0 Å². The predicted molar refractivity (Wildman–Crippen MR) is 59.5 cm³/mol. The molecule has 1 saturated carbocycles. The SMILES string of the molecule is CCOCCCNC(=O)C1(N)CCCC1. The highest BCUT2D eigenvalue weighted by molar-refractivity contribution is 5.86. The van der Waals surface area contributed by atoms with Crippen LogP contribution in [-0.4, -0.2) is 31.2 Å². The fourth-order valence-electron chi connectivity index (χ4n) is 1.93. The molecular formula is C11H22N2O2. The minimum absolute atomic E-state index is 0.0106. The monoisotopic (exact) mass is 214 g/mol. The Balaban J connectivity index is 2.12. The van der Waals surface area contributed by atoms with Gasteiger partial charge in [-0.05, 0) is 26.2 Å². The number of nitrogens with two attached hydrogens (primary N) is 1. The molecule has 4 nitrogen and oxygen atoms in total. The van der Waals surface area contributed by atoms with Gasteiger partial charge in [0.1, 0.15) is 0 Å². The van der Waals surface area contributed by atoms with Gasteiger partial charge in [-0.1, -0.05) is 12.8 Å². The van der Waals surface area contributed by atoms with E-state index in [0.717, 1.165) is 38.7 Å². The molecular weight excluding hydrogens is 192 g/mol. The van der Waals surface area contributed by atoms with E-state index in [0.29, 0.717) is 13.2 Å². The van der Waals surface area contributed by atoms with Crippen LogP contribution >= 0.6 is 0 Å². The lowest BCUT2D eigenvalue weighted by Crippen LogP contribution is -2.52. The summed E-state index contributed by atoms with van der Waals surface area (Å²) in [6.45, 7) is 4.06. The summed E-state index contributed by atoms with van der Waals surface area (Å²) in [5.74, 6) is 0.0106. The third-order valence-corrected chi connectivity index (χ3v) is 2.90. The minimum Gasteiger partial charge on any atom is -0.382 e. The summed E-state index contributed by atoms with van der Waals surface area (Å²) in [7, 11) is 0. The number of hydrogen-bond donors (Lipinski definition) is 2. The standard InChI is InChI=1S/C11H22N2O2/c1-2-15-9-5-8-13-10(14)11(12)6-3-4-7-11/h2-9,12H2,1H3,(H,13,14). The fourth-order valence-corrected chi connectivity index (χ4v) is 1.93. The van der Waals surface area contributed by atoms with E-state index in [2.05, 4.69) is 5.32 Å². The Hall–Kier alpha value is -0.610. The van der Waals surface area contributed by atoms with Crippen molar-refractivity contribution in [2.75, 3.05) is 19.8 Å². The van der Waals surface area contributed by atoms with Crippen molar-refractivity contribution in [1.82, 2.24) is 5.32 Å². The molecule has 0 atom stereocenters. The summed E-state index contributed by atoms with van der Waals surface area (Å²) >= 11 is 0. The zero-order chi connectivity index (χ0) is 11.1. The highest BCUT2D eigenvalue weighted by atomic mass is 16.5. The van der Waals surface area contributed by atoms with Gasteiger partial charge in [0.05, 0.1) is 5.54 Å². The second kappa shape index (κ2) is 6.08. The molecule has 88 valence electrons. The molecule has 0 bridgehead atoms. The lowest BCUT2D eigenvalue weighted by atomic mass is 9.98. The number of ether oxygens (including phenoxy) is 1. The van der Waals surface area contributed by atoms with E-state index in [1.54, 1.807) is 0 Å². The predicted octanol–water partition coefficient (Wildman–Crippen LogP) is 0.801. The summed E-state index contributed by atoms with van der Waals surface area (Å²) in [6.07, 6.45) is 4.65. The number of hydrogen-bond acceptors (Lipinski definition) is 3. The zero-order valence-corrected chi connectivity index (χ0v) is 9.55. The van der Waals surface area contributed by atoms with Crippen molar-refractivity contribution in [3.8, 4) is 0 Å². The maximum absolute atomic E-state index is 11.7. The van der Waals surface area contributed by atoms with Gasteiger partial charge >= 0.3 is 0 Å². The first-order chi connectivity index (χ1) is 7.19. The van der Waals surface area contributed by atoms with E-state index in [9.17, 15) is 4.79 Å². The minimum atomic E-state index is -0.592. The molecule has 15 heavy (non-hydrogen) atoms. The first-order valence-corrected chi connectivity index (χ1v) is 5.84. The summed E-state index contributed by atoms with van der Waals surface area (Å²) in [5, 5.41) is 2.88. The number of amides is 1. The molecule has 0 spiro atoms. The Kier molecular flexibility index (Phi) is 5.05. The molecule has 1 aliphatic rings. The molecule has 1 fully saturated rings. The van der Waals surface area contributed by atoms with Gasteiger partial charge in [0, 0.05) is 19.8 Å². The third kappa shape index (κ3) is 3.80. The Morgan fingerprint density at radius 1 is 1.47 bits per heavy atom. The Morgan fingerprint density at radius 2 is 2.13 bits per heavy atom. The number of carbonyl (C=O) groups is 1. The van der Waals surface area contributed by atoms with Crippen LogP contribution in [0.3, 0.4) is 0 Å². The van der Waals surface area contributed by atoms with Crippen molar-refractivity contribution in [3.05, 3.63) is 0 Å². The van der Waals surface area contributed by atoms with Gasteiger partial charge in [0.25, 0.3) is 0 Å². The van der Waals surface area contributed by atoms with Gasteiger partial charge in [0.2, 0.25) is 5.91 Å². The van der Waals surface area contributed by atoms with E-state index in [1.165, 1.54) is 0 Å². The first-order valence-electron chi connectivity index (χ1n) is 5.84. The van der Waals surface area contributed by atoms with Crippen LogP contribution in [0.5, 0.6) is 0 Å². The van der Waals surface area contributed by atoms with Crippen LogP contribution in [0, 0.1) is 0 Å². The van der Waals surface area contributed by atoms with Crippen LogP contribution in [0.4, 0.5) is 0 Å². The van der Waals surface area contributed by atoms with E-state index in [4.69, 9.17) is 10.5 Å². The molecule has 1 rings (SSSR count). The topological polar surface area (TPSA) is 64.3 Å². The summed E-state index contributed by atoms with van der Waals surface area (Å²) in [5.41, 5.74) is 5.41. The van der Waals surface area contributed by atoms with Crippen LogP contribution < -0.4 is 11.1 Å². The zero-order valence-electron chi connectivity index (χ0n) is 9.55. The molecule has 0 radical (unpaired) electrons. The van der Waals surface area contributed by atoms with Gasteiger partial charge in [-0.25, -0.2) is 0 Å². The molecule has 0 aliphatic heterocycles. The van der Waals surface area contributed by atoms with Crippen LogP contribution in [-0.2, 0) is 9.53 Å². The normalized spacial score (nSPS) is 19.1. The van der Waals surface area contributed by atoms with Gasteiger partial charge in [-0.2, -0.15) is 0 Å². The average Bonchev–Trinajstić information content (AvgIpc) is 2.66. The van der Waals surface area contributed by atoms with E-state index < -0.39 is 5.54 Å².